The van der Waals surface area contributed by atoms with E-state index in [1.165, 1.54) is 12.3 Å². The van der Waals surface area contributed by atoms with Gasteiger partial charge in [0, 0.05) is 0 Å². The Morgan fingerprint density at radius 3 is 1.91 bits per heavy atom. The Bertz CT molecular complexity index is 788. The molecule has 2 fully saturated rings. The van der Waals surface area contributed by atoms with E-state index >= 15 is 0 Å². The number of fused-ring (bicyclic) bond motifs is 1. The van der Waals surface area contributed by atoms with Crippen LogP contribution in [0.4, 0.5) is 0 Å². The van der Waals surface area contributed by atoms with Crippen LogP contribution in [0.1, 0.15) is 6.42 Å². The average Bonchev–Trinajstić information content (AvgIpc) is 3.24. The summed E-state index contributed by atoms with van der Waals surface area (Å²) in [6, 6.07) is 0. The minimum absolute atomic E-state index is 0.150. The zero-order chi connectivity index (χ0) is 25.5. The lowest BCUT2D eigenvalue weighted by molar-refractivity contribution is -0.358. The van der Waals surface area contributed by atoms with Crippen LogP contribution in [0.15, 0.2) is 24.0 Å². The van der Waals surface area contributed by atoms with Crippen LogP contribution in [0.3, 0.4) is 0 Å². The average molecular weight is 508 g/mol. The van der Waals surface area contributed by atoms with Gasteiger partial charge in [0.05, 0.1) is 32.0 Å². The largest absolute Gasteiger partial charge is 0.472 e. The lowest BCUT2D eigenvalue weighted by atomic mass is 9.84. The quantitative estimate of drug-likeness (QED) is 0.147. The van der Waals surface area contributed by atoms with Crippen molar-refractivity contribution in [2.24, 2.45) is 5.92 Å². The van der Waals surface area contributed by atoms with Crippen LogP contribution in [0, 0.1) is 5.92 Å². The summed E-state index contributed by atoms with van der Waals surface area (Å²) in [6.45, 7) is -1.75. The second kappa shape index (κ2) is 10.6. The van der Waals surface area contributed by atoms with Gasteiger partial charge in [-0.3, -0.25) is 0 Å². The Morgan fingerprint density at radius 2 is 1.34 bits per heavy atom. The van der Waals surface area contributed by atoms with Crippen molar-refractivity contribution >= 4 is 0 Å². The summed E-state index contributed by atoms with van der Waals surface area (Å²) < 4.78 is 28.3. The highest BCUT2D eigenvalue weighted by atomic mass is 16.8. The third-order valence-electron chi connectivity index (χ3n) is 6.93. The smallest absolute Gasteiger partial charge is 0.211 e. The fourth-order valence-corrected chi connectivity index (χ4v) is 4.87. The van der Waals surface area contributed by atoms with Crippen LogP contribution in [0.25, 0.3) is 0 Å². The molecule has 35 heavy (non-hydrogen) atoms. The standard InChI is InChI=1S/C21H32O14/c22-5-8-1-2-21(35-20-17(30)15(28)13(26)10(7-24)33-20)3-4-31-18(11(8)21)34-19-16(29)14(27)12(25)9(6-23)32-19/h1,3-4,9-20,22-30H,2,5-7H2/t9-,10-,11+,12-,13-,14+,15+,16-,17-,18+,19+,20+,21-/m1/s1. The maximum Gasteiger partial charge on any atom is 0.211 e. The summed E-state index contributed by atoms with van der Waals surface area (Å²) in [5.41, 5.74) is -0.934. The number of aliphatic hydroxyl groups excluding tert-OH is 9. The Kier molecular flexibility index (Phi) is 8.14. The highest BCUT2D eigenvalue weighted by molar-refractivity contribution is 5.30. The minimum atomic E-state index is -1.70. The van der Waals surface area contributed by atoms with Gasteiger partial charge in [0.15, 0.2) is 12.6 Å². The predicted molar refractivity (Wildman–Crippen MR) is 110 cm³/mol. The van der Waals surface area contributed by atoms with Crippen LogP contribution >= 0.6 is 0 Å². The van der Waals surface area contributed by atoms with Gasteiger partial charge >= 0.3 is 0 Å². The molecule has 0 aromatic heterocycles. The van der Waals surface area contributed by atoms with Crippen molar-refractivity contribution in [3.05, 3.63) is 24.0 Å². The second-order valence-corrected chi connectivity index (χ2v) is 9.03. The van der Waals surface area contributed by atoms with Gasteiger partial charge in [0.2, 0.25) is 6.29 Å². The number of aliphatic hydroxyl groups is 9. The summed E-state index contributed by atoms with van der Waals surface area (Å²) in [7, 11) is 0. The number of ether oxygens (including phenoxy) is 5. The van der Waals surface area contributed by atoms with E-state index in [0.29, 0.717) is 5.57 Å². The molecular formula is C21H32O14. The number of hydrogen-bond donors (Lipinski definition) is 9. The highest BCUT2D eigenvalue weighted by Gasteiger charge is 2.56. The molecule has 200 valence electrons. The van der Waals surface area contributed by atoms with Crippen molar-refractivity contribution in [3.63, 3.8) is 0 Å². The Labute approximate surface area is 199 Å². The molecule has 3 aliphatic heterocycles. The Hall–Kier alpha value is -1.24. The summed E-state index contributed by atoms with van der Waals surface area (Å²) in [6.07, 6.45) is -12.1. The molecule has 0 aromatic rings. The van der Waals surface area contributed by atoms with Crippen molar-refractivity contribution in [2.45, 2.75) is 79.7 Å². The van der Waals surface area contributed by atoms with E-state index in [9.17, 15) is 46.0 Å². The Morgan fingerprint density at radius 1 is 0.771 bits per heavy atom. The molecule has 1 aliphatic carbocycles. The van der Waals surface area contributed by atoms with Gasteiger partial charge in [-0.2, -0.15) is 0 Å². The van der Waals surface area contributed by atoms with Crippen molar-refractivity contribution in [2.75, 3.05) is 19.8 Å². The molecule has 0 unspecified atom stereocenters. The lowest BCUT2D eigenvalue weighted by Crippen LogP contribution is -2.62. The molecule has 0 saturated carbocycles. The molecule has 0 bridgehead atoms. The molecule has 4 rings (SSSR count). The van der Waals surface area contributed by atoms with E-state index in [1.54, 1.807) is 6.08 Å². The zero-order valence-corrected chi connectivity index (χ0v) is 18.6. The fourth-order valence-electron chi connectivity index (χ4n) is 4.87. The van der Waals surface area contributed by atoms with Crippen molar-refractivity contribution in [3.8, 4) is 0 Å². The van der Waals surface area contributed by atoms with Crippen molar-refractivity contribution in [1.82, 2.24) is 0 Å². The maximum absolute atomic E-state index is 10.4. The van der Waals surface area contributed by atoms with E-state index < -0.39 is 99.0 Å². The molecule has 0 amide bonds. The highest BCUT2D eigenvalue weighted by Crippen LogP contribution is 2.47. The first kappa shape index (κ1) is 26.8. The van der Waals surface area contributed by atoms with E-state index in [4.69, 9.17) is 23.7 Å². The molecule has 2 saturated heterocycles. The molecular weight excluding hydrogens is 476 g/mol. The third kappa shape index (κ3) is 4.75. The lowest BCUT2D eigenvalue weighted by Gasteiger charge is -2.48. The van der Waals surface area contributed by atoms with Crippen LogP contribution in [-0.4, -0.2) is 139 Å². The monoisotopic (exact) mass is 508 g/mol. The molecule has 14 heteroatoms. The molecule has 0 radical (unpaired) electrons. The molecule has 0 aromatic carbocycles. The van der Waals surface area contributed by atoms with E-state index in [0.717, 1.165) is 0 Å². The summed E-state index contributed by atoms with van der Waals surface area (Å²) >= 11 is 0. The van der Waals surface area contributed by atoms with Gasteiger partial charge in [0.1, 0.15) is 54.4 Å². The maximum atomic E-state index is 10.4. The first-order valence-corrected chi connectivity index (χ1v) is 11.2. The van der Waals surface area contributed by atoms with Gasteiger partial charge in [-0.1, -0.05) is 6.08 Å². The predicted octanol–water partition coefficient (Wildman–Crippen LogP) is -4.83. The SMILES string of the molecule is OCC1=CC[C@@]2(O[C@@H]3O[C@H](CO)[C@@H](O)[C@H](O)[C@H]3O)C=CO[C@@H](O[C@@H]3O[C@H](CO)[C@@H](O)[C@H](O)[C@H]3O)[C@H]12. The molecule has 3 heterocycles. The van der Waals surface area contributed by atoms with E-state index in [-0.39, 0.29) is 6.42 Å². The molecule has 0 spiro atoms. The molecule has 9 N–H and O–H groups in total. The van der Waals surface area contributed by atoms with Gasteiger partial charge in [0.25, 0.3) is 0 Å². The van der Waals surface area contributed by atoms with Crippen LogP contribution in [0.2, 0.25) is 0 Å². The first-order valence-electron chi connectivity index (χ1n) is 11.2. The number of hydrogen-bond acceptors (Lipinski definition) is 14. The fraction of sp³-hybridized carbons (Fsp3) is 0.810. The second-order valence-electron chi connectivity index (χ2n) is 9.03. The third-order valence-corrected chi connectivity index (χ3v) is 6.93. The zero-order valence-electron chi connectivity index (χ0n) is 18.6. The summed E-state index contributed by atoms with van der Waals surface area (Å²) in [5.74, 6) is -0.891. The van der Waals surface area contributed by atoms with Crippen LogP contribution < -0.4 is 0 Å². The van der Waals surface area contributed by atoms with Crippen LogP contribution in [-0.2, 0) is 23.7 Å². The Balaban J connectivity index is 1.56. The van der Waals surface area contributed by atoms with Crippen molar-refractivity contribution in [1.29, 1.82) is 0 Å². The topological polar surface area (TPSA) is 228 Å². The van der Waals surface area contributed by atoms with Crippen molar-refractivity contribution < 1.29 is 69.6 Å². The van der Waals surface area contributed by atoms with Gasteiger partial charge in [-0.25, -0.2) is 0 Å². The minimum Gasteiger partial charge on any atom is -0.472 e. The van der Waals surface area contributed by atoms with E-state index in [2.05, 4.69) is 0 Å². The van der Waals surface area contributed by atoms with Gasteiger partial charge in [-0.05, 0) is 18.1 Å². The van der Waals surface area contributed by atoms with E-state index in [1.807, 2.05) is 0 Å². The first-order chi connectivity index (χ1) is 16.7. The normalized spacial score (nSPS) is 49.9. The summed E-state index contributed by atoms with van der Waals surface area (Å²) in [4.78, 5) is 0. The molecule has 4 aliphatic rings. The molecule has 13 atom stereocenters. The van der Waals surface area contributed by atoms with Gasteiger partial charge < -0.3 is 69.6 Å². The van der Waals surface area contributed by atoms with Crippen LogP contribution in [0.5, 0.6) is 0 Å². The summed E-state index contributed by atoms with van der Waals surface area (Å²) in [5, 5.41) is 89.8. The number of rotatable bonds is 7. The van der Waals surface area contributed by atoms with Gasteiger partial charge in [-0.15, -0.1) is 0 Å². The molecule has 14 nitrogen and oxygen atoms in total.